The number of hydrogen-bond donors (Lipinski definition) is 1. The van der Waals surface area contributed by atoms with E-state index in [-0.39, 0.29) is 30.6 Å². The lowest BCUT2D eigenvalue weighted by Gasteiger charge is -2.30. The number of aryl methyl sites for hydroxylation is 2. The van der Waals surface area contributed by atoms with Gasteiger partial charge >= 0.3 is 18.2 Å². The molecule has 9 nitrogen and oxygen atoms in total. The smallest absolute Gasteiger partial charge is 0.422 e. The first-order chi connectivity index (χ1) is 21.0. The van der Waals surface area contributed by atoms with Crippen molar-refractivity contribution in [1.29, 1.82) is 0 Å². The van der Waals surface area contributed by atoms with Crippen molar-refractivity contribution in [2.24, 2.45) is 5.92 Å². The lowest BCUT2D eigenvalue weighted by Crippen LogP contribution is -2.30. The number of methoxy groups -OCH3 is 1. The van der Waals surface area contributed by atoms with Gasteiger partial charge in [0.15, 0.2) is 6.61 Å². The summed E-state index contributed by atoms with van der Waals surface area (Å²) in [6.45, 7) is 1.92. The maximum Gasteiger partial charge on any atom is 0.422 e. The summed E-state index contributed by atoms with van der Waals surface area (Å²) in [6, 6.07) is 8.82. The molecule has 2 aromatic heterocycles. The molecular weight excluding hydrogens is 579 g/mol. The molecule has 1 N–H and O–H groups in total. The number of aliphatic carboxylic acids is 1. The van der Waals surface area contributed by atoms with E-state index >= 15 is 0 Å². The Morgan fingerprint density at radius 1 is 0.977 bits per heavy atom. The average molecular weight is 616 g/mol. The summed E-state index contributed by atoms with van der Waals surface area (Å²) in [5.74, 6) is 1.23. The van der Waals surface area contributed by atoms with Crippen LogP contribution in [-0.2, 0) is 4.79 Å². The number of ether oxygens (including phenoxy) is 4. The first kappa shape index (κ1) is 31.3. The number of hydrogen-bond acceptors (Lipinski definition) is 8. The Hall–Kier alpha value is -4.09. The first-order valence-electron chi connectivity index (χ1n) is 14.7. The highest BCUT2D eigenvalue weighted by Crippen LogP contribution is 2.45. The van der Waals surface area contributed by atoms with Crippen molar-refractivity contribution in [3.8, 4) is 34.5 Å². The van der Waals surface area contributed by atoms with E-state index in [1.807, 2.05) is 18.2 Å². The van der Waals surface area contributed by atoms with Crippen molar-refractivity contribution in [1.82, 2.24) is 15.0 Å². The van der Waals surface area contributed by atoms with Crippen molar-refractivity contribution in [2.75, 3.05) is 13.7 Å². The number of nitrogens with zero attached hydrogens (tertiary/aromatic N) is 3. The predicted molar refractivity (Wildman–Crippen MR) is 154 cm³/mol. The van der Waals surface area contributed by atoms with E-state index in [1.165, 1.54) is 0 Å². The van der Waals surface area contributed by atoms with Crippen LogP contribution in [0.1, 0.15) is 67.8 Å². The topological polar surface area (TPSA) is 113 Å². The van der Waals surface area contributed by atoms with Crippen molar-refractivity contribution in [3.63, 3.8) is 0 Å². The molecule has 1 aromatic carbocycles. The molecule has 2 aliphatic rings. The second kappa shape index (κ2) is 13.3. The average Bonchev–Trinajstić information content (AvgIpc) is 3.81. The molecule has 5 rings (SSSR count). The minimum atomic E-state index is -4.49. The molecule has 0 spiro atoms. The van der Waals surface area contributed by atoms with Crippen LogP contribution in [0.25, 0.3) is 11.1 Å². The normalized spacial score (nSPS) is 19.2. The van der Waals surface area contributed by atoms with Gasteiger partial charge < -0.3 is 24.1 Å². The van der Waals surface area contributed by atoms with Crippen LogP contribution in [0, 0.1) is 19.8 Å². The minimum absolute atomic E-state index is 0.0275. The highest BCUT2D eigenvalue weighted by atomic mass is 19.4. The number of benzene rings is 1. The predicted octanol–water partition coefficient (Wildman–Crippen LogP) is 6.84. The zero-order valence-corrected chi connectivity index (χ0v) is 24.9. The van der Waals surface area contributed by atoms with Gasteiger partial charge in [-0.2, -0.15) is 23.1 Å². The van der Waals surface area contributed by atoms with Crippen LogP contribution in [0.5, 0.6) is 23.4 Å². The van der Waals surface area contributed by atoms with Crippen LogP contribution in [-0.4, -0.2) is 58.1 Å². The van der Waals surface area contributed by atoms with Crippen LogP contribution >= 0.6 is 0 Å². The van der Waals surface area contributed by atoms with E-state index in [9.17, 15) is 23.1 Å². The summed E-state index contributed by atoms with van der Waals surface area (Å²) < 4.78 is 60.8. The maximum absolute atomic E-state index is 12.6. The van der Waals surface area contributed by atoms with Crippen LogP contribution in [0.2, 0.25) is 0 Å². The molecule has 0 saturated heterocycles. The first-order valence-corrected chi connectivity index (χ1v) is 14.7. The Bertz CT molecular complexity index is 1450. The molecular formula is C32H36F3N3O6. The summed E-state index contributed by atoms with van der Waals surface area (Å²) in [7, 11) is 1.56. The highest BCUT2D eigenvalue weighted by Gasteiger charge is 2.34. The van der Waals surface area contributed by atoms with Gasteiger partial charge in [-0.3, -0.25) is 4.79 Å². The second-order valence-corrected chi connectivity index (χ2v) is 11.4. The van der Waals surface area contributed by atoms with Gasteiger partial charge in [-0.1, -0.05) is 0 Å². The van der Waals surface area contributed by atoms with Gasteiger partial charge in [0.1, 0.15) is 17.6 Å². The molecule has 0 radical (unpaired) electrons. The maximum atomic E-state index is 12.6. The zero-order valence-electron chi connectivity index (χ0n) is 24.9. The third kappa shape index (κ3) is 8.09. The van der Waals surface area contributed by atoms with Crippen LogP contribution < -0.4 is 18.9 Å². The third-order valence-corrected chi connectivity index (χ3v) is 8.05. The van der Waals surface area contributed by atoms with Crippen molar-refractivity contribution in [2.45, 2.75) is 83.1 Å². The fourth-order valence-electron chi connectivity index (χ4n) is 5.80. The molecule has 2 heterocycles. The Balaban J connectivity index is 1.25. The van der Waals surface area contributed by atoms with Gasteiger partial charge in [0.25, 0.3) is 0 Å². The molecule has 0 aliphatic heterocycles. The summed E-state index contributed by atoms with van der Waals surface area (Å²) in [6.07, 6.45) is 2.15. The van der Waals surface area contributed by atoms with Gasteiger partial charge in [0, 0.05) is 29.5 Å². The molecule has 2 saturated carbocycles. The molecule has 2 fully saturated rings. The number of carboxylic acid groups (broad SMARTS) is 1. The van der Waals surface area contributed by atoms with Gasteiger partial charge in [0.05, 0.1) is 31.0 Å². The molecule has 236 valence electrons. The number of carbonyl (C=O) groups is 1. The number of halogens is 3. The van der Waals surface area contributed by atoms with E-state index in [0.717, 1.165) is 44.1 Å². The molecule has 12 heteroatoms. The number of pyridine rings is 1. The quantitative estimate of drug-likeness (QED) is 0.234. The van der Waals surface area contributed by atoms with Crippen molar-refractivity contribution < 1.29 is 42.0 Å². The lowest BCUT2D eigenvalue weighted by molar-refractivity contribution is -0.154. The van der Waals surface area contributed by atoms with Gasteiger partial charge in [-0.05, 0) is 88.0 Å². The number of aromatic nitrogens is 3. The summed E-state index contributed by atoms with van der Waals surface area (Å²) in [5.41, 5.74) is 3.23. The molecule has 44 heavy (non-hydrogen) atoms. The van der Waals surface area contributed by atoms with Gasteiger partial charge in [0.2, 0.25) is 5.88 Å². The van der Waals surface area contributed by atoms with Crippen LogP contribution in [0.15, 0.2) is 36.5 Å². The largest absolute Gasteiger partial charge is 0.497 e. The highest BCUT2D eigenvalue weighted by molar-refractivity contribution is 5.75. The Labute approximate surface area is 253 Å². The van der Waals surface area contributed by atoms with Crippen LogP contribution in [0.3, 0.4) is 0 Å². The number of alkyl halides is 3. The molecule has 0 amide bonds. The molecule has 1 unspecified atom stereocenters. The van der Waals surface area contributed by atoms with Crippen molar-refractivity contribution in [3.05, 3.63) is 53.5 Å². The fraction of sp³-hybridized carbons (Fsp3) is 0.500. The van der Waals surface area contributed by atoms with E-state index in [1.54, 1.807) is 39.3 Å². The van der Waals surface area contributed by atoms with E-state index in [0.29, 0.717) is 45.8 Å². The summed E-state index contributed by atoms with van der Waals surface area (Å²) >= 11 is 0. The standard InChI is InChI=1S/C32H36F3N3O6/c1-18-30(19(2)38-31(37-18)42-17-32(33,34)35)25-11-10-24(41-3)15-27(25)43-22-6-8-23(9-7-22)44-28-14-21(12-13-36-28)26(16-29(39)40)20-4-5-20/h10-15,20,22-23,26H,4-9,16-17H2,1-3H3,(H,39,40)/t22-,23-,26?. The van der Waals surface area contributed by atoms with Gasteiger partial charge in [-0.25, -0.2) is 4.98 Å². The van der Waals surface area contributed by atoms with E-state index in [2.05, 4.69) is 15.0 Å². The molecule has 3 aromatic rings. The Kier molecular flexibility index (Phi) is 9.45. The van der Waals surface area contributed by atoms with Gasteiger partial charge in [-0.15, -0.1) is 0 Å². The molecule has 1 atom stereocenters. The van der Waals surface area contributed by atoms with Crippen LogP contribution in [0.4, 0.5) is 13.2 Å². The Morgan fingerprint density at radius 2 is 1.64 bits per heavy atom. The molecule has 0 bridgehead atoms. The minimum Gasteiger partial charge on any atom is -0.497 e. The third-order valence-electron chi connectivity index (χ3n) is 8.05. The van der Waals surface area contributed by atoms with E-state index in [4.69, 9.17) is 18.9 Å². The Morgan fingerprint density at radius 3 is 2.23 bits per heavy atom. The number of carboxylic acids is 1. The zero-order chi connectivity index (χ0) is 31.4. The summed E-state index contributed by atoms with van der Waals surface area (Å²) in [4.78, 5) is 24.1. The molecule has 2 aliphatic carbocycles. The van der Waals surface area contributed by atoms with E-state index < -0.39 is 18.8 Å². The summed E-state index contributed by atoms with van der Waals surface area (Å²) in [5, 5.41) is 9.36. The SMILES string of the molecule is COc1ccc(-c2c(C)nc(OCC(F)(F)F)nc2C)c(O[C@H]2CC[C@H](Oc3cc(C(CC(=O)O)C4CC4)ccn3)CC2)c1. The number of rotatable bonds is 12. The second-order valence-electron chi connectivity index (χ2n) is 11.4. The monoisotopic (exact) mass is 615 g/mol. The fourth-order valence-corrected chi connectivity index (χ4v) is 5.80. The van der Waals surface area contributed by atoms with Crippen molar-refractivity contribution >= 4 is 5.97 Å². The lowest BCUT2D eigenvalue weighted by atomic mass is 9.91.